The zero-order valence-electron chi connectivity index (χ0n) is 11.3. The average Bonchev–Trinajstić information content (AvgIpc) is 2.81. The largest absolute Gasteiger partial charge is 0.477 e. The molecule has 0 unspecified atom stereocenters. The molecule has 112 valence electrons. The number of H-pyrrole nitrogens is 1. The van der Waals surface area contributed by atoms with Crippen molar-refractivity contribution >= 4 is 40.0 Å². The summed E-state index contributed by atoms with van der Waals surface area (Å²) in [6.45, 7) is 1.67. The van der Waals surface area contributed by atoms with E-state index in [2.05, 4.69) is 20.5 Å². The Morgan fingerprint density at radius 1 is 1.45 bits per heavy atom. The molecule has 0 saturated carbocycles. The minimum absolute atomic E-state index is 0.0258. The molecule has 22 heavy (non-hydrogen) atoms. The maximum atomic E-state index is 13.2. The summed E-state index contributed by atoms with van der Waals surface area (Å²) >= 11 is 5.74. The van der Waals surface area contributed by atoms with Crippen LogP contribution in [0.3, 0.4) is 0 Å². The lowest BCUT2D eigenvalue weighted by Crippen LogP contribution is -1.99. The number of rotatable bonds is 3. The third kappa shape index (κ3) is 2.35. The van der Waals surface area contributed by atoms with Crippen LogP contribution < -0.4 is 5.32 Å². The van der Waals surface area contributed by atoms with Gasteiger partial charge >= 0.3 is 5.97 Å². The molecule has 0 amide bonds. The Balaban J connectivity index is 2.10. The van der Waals surface area contributed by atoms with Crippen LogP contribution in [-0.2, 0) is 0 Å². The van der Waals surface area contributed by atoms with Gasteiger partial charge in [-0.3, -0.25) is 0 Å². The number of aromatic carboxylic acids is 1. The van der Waals surface area contributed by atoms with E-state index in [1.807, 2.05) is 0 Å². The summed E-state index contributed by atoms with van der Waals surface area (Å²) in [6.07, 6.45) is 1.44. The van der Waals surface area contributed by atoms with Crippen molar-refractivity contribution in [2.24, 2.45) is 0 Å². The molecule has 0 saturated heterocycles. The number of fused-ring (bicyclic) bond motifs is 1. The number of aromatic nitrogens is 3. The van der Waals surface area contributed by atoms with Gasteiger partial charge in [-0.1, -0.05) is 11.6 Å². The van der Waals surface area contributed by atoms with Gasteiger partial charge in [-0.25, -0.2) is 9.18 Å². The zero-order valence-corrected chi connectivity index (χ0v) is 12.1. The molecule has 0 atom stereocenters. The highest BCUT2D eigenvalue weighted by Gasteiger charge is 2.17. The first-order valence-electron chi connectivity index (χ1n) is 6.26. The van der Waals surface area contributed by atoms with Crippen molar-refractivity contribution < 1.29 is 14.3 Å². The van der Waals surface area contributed by atoms with Crippen LogP contribution >= 0.6 is 11.6 Å². The number of anilines is 2. The van der Waals surface area contributed by atoms with E-state index >= 15 is 0 Å². The van der Waals surface area contributed by atoms with Gasteiger partial charge in [0.1, 0.15) is 11.5 Å². The Morgan fingerprint density at radius 3 is 2.91 bits per heavy atom. The summed E-state index contributed by atoms with van der Waals surface area (Å²) in [5, 5.41) is 20.5. The van der Waals surface area contributed by atoms with E-state index in [-0.39, 0.29) is 10.7 Å². The number of hydrogen-bond donors (Lipinski definition) is 3. The molecule has 0 bridgehead atoms. The van der Waals surface area contributed by atoms with Crippen LogP contribution in [0.5, 0.6) is 0 Å². The summed E-state index contributed by atoms with van der Waals surface area (Å²) in [5.41, 5.74) is 1.67. The predicted octanol–water partition coefficient (Wildman–Crippen LogP) is 3.50. The van der Waals surface area contributed by atoms with Crippen LogP contribution in [-0.4, -0.2) is 26.3 Å². The van der Waals surface area contributed by atoms with Crippen molar-refractivity contribution in [1.29, 1.82) is 0 Å². The number of aromatic amines is 1. The lowest BCUT2D eigenvalue weighted by atomic mass is 10.2. The third-order valence-electron chi connectivity index (χ3n) is 3.26. The Hall–Kier alpha value is -2.67. The van der Waals surface area contributed by atoms with Gasteiger partial charge in [-0.15, -0.1) is 5.10 Å². The number of nitrogens with one attached hydrogen (secondary N) is 2. The van der Waals surface area contributed by atoms with E-state index in [0.717, 1.165) is 0 Å². The first-order valence-corrected chi connectivity index (χ1v) is 6.64. The van der Waals surface area contributed by atoms with E-state index in [9.17, 15) is 9.18 Å². The lowest BCUT2D eigenvalue weighted by Gasteiger charge is -2.07. The molecule has 0 aliphatic carbocycles. The van der Waals surface area contributed by atoms with Crippen LogP contribution in [0.15, 0.2) is 24.4 Å². The minimum Gasteiger partial charge on any atom is -0.477 e. The van der Waals surface area contributed by atoms with Gasteiger partial charge in [0.15, 0.2) is 5.82 Å². The average molecular weight is 321 g/mol. The van der Waals surface area contributed by atoms with E-state index in [0.29, 0.717) is 28.0 Å². The summed E-state index contributed by atoms with van der Waals surface area (Å²) < 4.78 is 13.2. The SMILES string of the molecule is Cc1c(C(=O)O)[nH]c2cnnc(Nc3ccc(F)c(Cl)c3)c12. The Labute approximate surface area is 128 Å². The molecule has 1 aromatic carbocycles. The van der Waals surface area contributed by atoms with Crippen molar-refractivity contribution in [3.63, 3.8) is 0 Å². The molecule has 2 heterocycles. The van der Waals surface area contributed by atoms with Gasteiger partial charge in [0, 0.05) is 11.1 Å². The van der Waals surface area contributed by atoms with Crippen molar-refractivity contribution in [1.82, 2.24) is 15.2 Å². The van der Waals surface area contributed by atoms with Gasteiger partial charge in [0.25, 0.3) is 0 Å². The summed E-state index contributed by atoms with van der Waals surface area (Å²) in [5.74, 6) is -1.23. The second-order valence-corrected chi connectivity index (χ2v) is 5.07. The molecular formula is C14H10ClFN4O2. The highest BCUT2D eigenvalue weighted by molar-refractivity contribution is 6.31. The third-order valence-corrected chi connectivity index (χ3v) is 3.55. The van der Waals surface area contributed by atoms with Gasteiger partial charge in [0.05, 0.1) is 16.7 Å². The molecule has 3 rings (SSSR count). The maximum absolute atomic E-state index is 13.2. The molecular weight excluding hydrogens is 311 g/mol. The van der Waals surface area contributed by atoms with E-state index in [1.54, 1.807) is 6.92 Å². The molecule has 3 aromatic rings. The quantitative estimate of drug-likeness (QED) is 0.687. The number of carboxylic acid groups (broad SMARTS) is 1. The van der Waals surface area contributed by atoms with Crippen LogP contribution in [0.2, 0.25) is 5.02 Å². The van der Waals surface area contributed by atoms with Crippen LogP contribution in [0.25, 0.3) is 10.9 Å². The first-order chi connectivity index (χ1) is 10.5. The number of carboxylic acids is 1. The number of aryl methyl sites for hydroxylation is 1. The molecule has 3 N–H and O–H groups in total. The van der Waals surface area contributed by atoms with E-state index < -0.39 is 11.8 Å². The summed E-state index contributed by atoms with van der Waals surface area (Å²) in [6, 6.07) is 4.14. The summed E-state index contributed by atoms with van der Waals surface area (Å²) in [4.78, 5) is 14.0. The van der Waals surface area contributed by atoms with Crippen LogP contribution in [0.1, 0.15) is 16.1 Å². The van der Waals surface area contributed by atoms with Crippen molar-refractivity contribution in [2.45, 2.75) is 6.92 Å². The molecule has 0 aliphatic rings. The lowest BCUT2D eigenvalue weighted by molar-refractivity contribution is 0.0691. The van der Waals surface area contributed by atoms with Crippen molar-refractivity contribution in [3.8, 4) is 0 Å². The van der Waals surface area contributed by atoms with Crippen LogP contribution in [0, 0.1) is 12.7 Å². The van der Waals surface area contributed by atoms with Gasteiger partial charge in [0.2, 0.25) is 0 Å². The predicted molar refractivity (Wildman–Crippen MR) is 80.3 cm³/mol. The van der Waals surface area contributed by atoms with Gasteiger partial charge in [-0.2, -0.15) is 5.10 Å². The Bertz CT molecular complexity index is 894. The summed E-state index contributed by atoms with van der Waals surface area (Å²) in [7, 11) is 0. The number of benzene rings is 1. The monoisotopic (exact) mass is 320 g/mol. The normalized spacial score (nSPS) is 10.9. The molecule has 2 aromatic heterocycles. The molecule has 0 radical (unpaired) electrons. The van der Waals surface area contributed by atoms with Crippen molar-refractivity contribution in [2.75, 3.05) is 5.32 Å². The highest BCUT2D eigenvalue weighted by Crippen LogP contribution is 2.29. The van der Waals surface area contributed by atoms with Crippen molar-refractivity contribution in [3.05, 3.63) is 46.5 Å². The maximum Gasteiger partial charge on any atom is 0.352 e. The molecule has 0 aliphatic heterocycles. The number of hydrogen-bond acceptors (Lipinski definition) is 4. The second-order valence-electron chi connectivity index (χ2n) is 4.67. The molecule has 0 fully saturated rings. The number of nitrogens with zero attached hydrogens (tertiary/aromatic N) is 2. The topological polar surface area (TPSA) is 90.9 Å². The Morgan fingerprint density at radius 2 is 2.23 bits per heavy atom. The highest BCUT2D eigenvalue weighted by atomic mass is 35.5. The van der Waals surface area contributed by atoms with Gasteiger partial charge in [-0.05, 0) is 30.7 Å². The fraction of sp³-hybridized carbons (Fsp3) is 0.0714. The fourth-order valence-electron chi connectivity index (χ4n) is 2.23. The second kappa shape index (κ2) is 5.27. The van der Waals surface area contributed by atoms with E-state index in [1.165, 1.54) is 24.4 Å². The smallest absolute Gasteiger partial charge is 0.352 e. The van der Waals surface area contributed by atoms with Gasteiger partial charge < -0.3 is 15.4 Å². The standard InChI is InChI=1S/C14H10ClFN4O2/c1-6-11-10(19-12(6)14(21)22)5-17-20-13(11)18-7-2-3-9(16)8(15)4-7/h2-5,19H,1H3,(H,18,20)(H,21,22). The van der Waals surface area contributed by atoms with E-state index in [4.69, 9.17) is 16.7 Å². The number of halogens is 2. The zero-order chi connectivity index (χ0) is 15.9. The Kier molecular flexibility index (Phi) is 3.42. The molecule has 0 spiro atoms. The number of carbonyl (C=O) groups is 1. The molecule has 6 nitrogen and oxygen atoms in total. The molecule has 8 heteroatoms. The minimum atomic E-state index is -1.07. The van der Waals surface area contributed by atoms with Crippen LogP contribution in [0.4, 0.5) is 15.9 Å². The fourth-order valence-corrected chi connectivity index (χ4v) is 2.41. The first kappa shape index (κ1) is 14.3.